The van der Waals surface area contributed by atoms with E-state index in [-0.39, 0.29) is 17.2 Å². The third-order valence-corrected chi connectivity index (χ3v) is 2.26. The molecule has 104 valence electrons. The Balaban J connectivity index is 2.20. The van der Waals surface area contributed by atoms with E-state index < -0.39 is 17.8 Å². The maximum absolute atomic E-state index is 12.4. The van der Waals surface area contributed by atoms with E-state index in [0.717, 1.165) is 6.33 Å². The Labute approximate surface area is 110 Å². The van der Waals surface area contributed by atoms with Gasteiger partial charge in [0.15, 0.2) is 5.69 Å². The summed E-state index contributed by atoms with van der Waals surface area (Å²) in [6.45, 7) is 0. The highest BCUT2D eigenvalue weighted by molar-refractivity contribution is 5.87. The molecule has 5 nitrogen and oxygen atoms in total. The third kappa shape index (κ3) is 3.22. The van der Waals surface area contributed by atoms with Gasteiger partial charge in [-0.1, -0.05) is 0 Å². The highest BCUT2D eigenvalue weighted by Crippen LogP contribution is 2.29. The lowest BCUT2D eigenvalue weighted by molar-refractivity contribution is -0.141. The van der Waals surface area contributed by atoms with E-state index in [0.29, 0.717) is 6.07 Å². The minimum Gasteiger partial charge on any atom is -0.478 e. The normalized spacial score (nSPS) is 11.2. The van der Waals surface area contributed by atoms with Gasteiger partial charge in [-0.2, -0.15) is 13.2 Å². The largest absolute Gasteiger partial charge is 0.478 e. The van der Waals surface area contributed by atoms with Crippen molar-refractivity contribution in [2.75, 3.05) is 0 Å². The molecule has 1 aromatic heterocycles. The molecule has 0 fully saturated rings. The first-order chi connectivity index (χ1) is 9.36. The van der Waals surface area contributed by atoms with Crippen LogP contribution in [0.1, 0.15) is 16.1 Å². The lowest BCUT2D eigenvalue weighted by Gasteiger charge is -2.08. The number of nitrogens with zero attached hydrogens (tertiary/aromatic N) is 2. The van der Waals surface area contributed by atoms with Crippen molar-refractivity contribution in [3.05, 3.63) is 47.9 Å². The number of rotatable bonds is 3. The first-order valence-corrected chi connectivity index (χ1v) is 5.27. The fraction of sp³-hybridized carbons (Fsp3) is 0.0833. The van der Waals surface area contributed by atoms with Crippen molar-refractivity contribution in [2.24, 2.45) is 0 Å². The van der Waals surface area contributed by atoms with Gasteiger partial charge in [0.05, 0.1) is 5.56 Å². The summed E-state index contributed by atoms with van der Waals surface area (Å²) in [5, 5.41) is 8.70. The number of carboxylic acid groups (broad SMARTS) is 1. The Morgan fingerprint density at radius 3 is 2.35 bits per heavy atom. The number of hydrogen-bond donors (Lipinski definition) is 1. The molecule has 0 saturated carbocycles. The van der Waals surface area contributed by atoms with Gasteiger partial charge in [-0.15, -0.1) is 0 Å². The van der Waals surface area contributed by atoms with Crippen LogP contribution < -0.4 is 4.74 Å². The number of alkyl halides is 3. The minimum absolute atomic E-state index is 0.0380. The van der Waals surface area contributed by atoms with E-state index in [1.165, 1.54) is 24.3 Å². The zero-order valence-electron chi connectivity index (χ0n) is 9.76. The van der Waals surface area contributed by atoms with E-state index in [4.69, 9.17) is 9.84 Å². The molecule has 8 heteroatoms. The fourth-order valence-electron chi connectivity index (χ4n) is 1.34. The van der Waals surface area contributed by atoms with Gasteiger partial charge in [0, 0.05) is 6.07 Å². The zero-order chi connectivity index (χ0) is 14.8. The van der Waals surface area contributed by atoms with Crippen LogP contribution in [0.4, 0.5) is 13.2 Å². The van der Waals surface area contributed by atoms with Crippen molar-refractivity contribution in [1.29, 1.82) is 0 Å². The number of ether oxygens (including phenoxy) is 1. The summed E-state index contributed by atoms with van der Waals surface area (Å²) in [4.78, 5) is 17.3. The highest BCUT2D eigenvalue weighted by Gasteiger charge is 2.33. The Hall–Kier alpha value is -2.64. The summed E-state index contributed by atoms with van der Waals surface area (Å²) in [6, 6.07) is 5.83. The molecule has 0 amide bonds. The first-order valence-electron chi connectivity index (χ1n) is 5.27. The molecule has 0 bridgehead atoms. The zero-order valence-corrected chi connectivity index (χ0v) is 9.76. The van der Waals surface area contributed by atoms with Crippen LogP contribution in [0, 0.1) is 0 Å². The van der Waals surface area contributed by atoms with Crippen LogP contribution >= 0.6 is 0 Å². The molecule has 0 atom stereocenters. The van der Waals surface area contributed by atoms with Gasteiger partial charge >= 0.3 is 12.1 Å². The molecule has 0 aliphatic carbocycles. The molecule has 1 aromatic carbocycles. The summed E-state index contributed by atoms with van der Waals surface area (Å²) < 4.78 is 42.4. The molecule has 2 rings (SSSR count). The molecule has 0 unspecified atom stereocenters. The van der Waals surface area contributed by atoms with Crippen molar-refractivity contribution in [2.45, 2.75) is 6.18 Å². The molecular weight excluding hydrogens is 277 g/mol. The van der Waals surface area contributed by atoms with Crippen LogP contribution in [0.25, 0.3) is 0 Å². The molecule has 0 saturated heterocycles. The van der Waals surface area contributed by atoms with Crippen LogP contribution in [0.5, 0.6) is 11.6 Å². The van der Waals surface area contributed by atoms with Gasteiger partial charge in [-0.25, -0.2) is 14.8 Å². The summed E-state index contributed by atoms with van der Waals surface area (Å²) in [7, 11) is 0. The van der Waals surface area contributed by atoms with E-state index in [9.17, 15) is 18.0 Å². The first kappa shape index (κ1) is 13.8. The summed E-state index contributed by atoms with van der Waals surface area (Å²) in [5.41, 5.74) is -1.08. The van der Waals surface area contributed by atoms with Crippen molar-refractivity contribution < 1.29 is 27.8 Å². The predicted octanol–water partition coefficient (Wildman–Crippen LogP) is 2.99. The lowest BCUT2D eigenvalue weighted by atomic mass is 10.2. The minimum atomic E-state index is -4.59. The Morgan fingerprint density at radius 2 is 1.80 bits per heavy atom. The quantitative estimate of drug-likeness (QED) is 0.938. The Kier molecular flexibility index (Phi) is 3.55. The number of hydrogen-bond acceptors (Lipinski definition) is 4. The van der Waals surface area contributed by atoms with Crippen LogP contribution in [0.15, 0.2) is 36.7 Å². The Morgan fingerprint density at radius 1 is 1.15 bits per heavy atom. The molecule has 1 N–H and O–H groups in total. The summed E-state index contributed by atoms with van der Waals surface area (Å²) in [6.07, 6.45) is -3.85. The third-order valence-electron chi connectivity index (χ3n) is 2.26. The molecule has 1 heterocycles. The van der Waals surface area contributed by atoms with Crippen molar-refractivity contribution in [3.8, 4) is 11.6 Å². The molecule has 2 aromatic rings. The molecule has 0 aliphatic heterocycles. The van der Waals surface area contributed by atoms with E-state index in [1.807, 2.05) is 0 Å². The second-order valence-corrected chi connectivity index (χ2v) is 3.67. The van der Waals surface area contributed by atoms with E-state index in [1.54, 1.807) is 0 Å². The standard InChI is InChI=1S/C12H7F3N2O3/c13-12(14,15)9-5-10(17-6-16-9)20-8-3-1-7(2-4-8)11(18)19/h1-6H,(H,18,19). The average Bonchev–Trinajstić information content (AvgIpc) is 2.38. The monoisotopic (exact) mass is 284 g/mol. The van der Waals surface area contributed by atoms with Gasteiger partial charge in [-0.3, -0.25) is 0 Å². The number of benzene rings is 1. The number of carboxylic acids is 1. The van der Waals surface area contributed by atoms with Gasteiger partial charge in [0.2, 0.25) is 5.88 Å². The van der Waals surface area contributed by atoms with E-state index >= 15 is 0 Å². The van der Waals surface area contributed by atoms with Gasteiger partial charge in [-0.05, 0) is 24.3 Å². The van der Waals surface area contributed by atoms with E-state index in [2.05, 4.69) is 9.97 Å². The SMILES string of the molecule is O=C(O)c1ccc(Oc2cc(C(F)(F)F)ncn2)cc1. The maximum Gasteiger partial charge on any atom is 0.433 e. The van der Waals surface area contributed by atoms with Crippen LogP contribution in [-0.4, -0.2) is 21.0 Å². The second kappa shape index (κ2) is 5.16. The van der Waals surface area contributed by atoms with Crippen LogP contribution in [-0.2, 0) is 6.18 Å². The van der Waals surface area contributed by atoms with Crippen LogP contribution in [0.3, 0.4) is 0 Å². The lowest BCUT2D eigenvalue weighted by Crippen LogP contribution is -2.08. The topological polar surface area (TPSA) is 72.3 Å². The second-order valence-electron chi connectivity index (χ2n) is 3.67. The number of aromatic nitrogens is 2. The molecule has 0 aliphatic rings. The molecular formula is C12H7F3N2O3. The van der Waals surface area contributed by atoms with Crippen LogP contribution in [0.2, 0.25) is 0 Å². The van der Waals surface area contributed by atoms with Crippen molar-refractivity contribution in [3.63, 3.8) is 0 Å². The highest BCUT2D eigenvalue weighted by atomic mass is 19.4. The number of halogens is 3. The average molecular weight is 284 g/mol. The summed E-state index contributed by atoms with van der Waals surface area (Å²) >= 11 is 0. The number of carbonyl (C=O) groups is 1. The van der Waals surface area contributed by atoms with Crippen molar-refractivity contribution in [1.82, 2.24) is 9.97 Å². The molecule has 20 heavy (non-hydrogen) atoms. The number of aromatic carboxylic acids is 1. The van der Waals surface area contributed by atoms with Gasteiger partial charge in [0.1, 0.15) is 12.1 Å². The Bertz CT molecular complexity index is 627. The maximum atomic E-state index is 12.4. The summed E-state index contributed by atoms with van der Waals surface area (Å²) in [5.74, 6) is -1.23. The smallest absolute Gasteiger partial charge is 0.433 e. The molecule has 0 spiro atoms. The van der Waals surface area contributed by atoms with Gasteiger partial charge < -0.3 is 9.84 Å². The van der Waals surface area contributed by atoms with Crippen molar-refractivity contribution >= 4 is 5.97 Å². The molecule has 0 radical (unpaired) electrons. The fourth-order valence-corrected chi connectivity index (χ4v) is 1.34. The predicted molar refractivity (Wildman–Crippen MR) is 60.5 cm³/mol. The van der Waals surface area contributed by atoms with Gasteiger partial charge in [0.25, 0.3) is 0 Å².